The van der Waals surface area contributed by atoms with Crippen LogP contribution >= 0.6 is 0 Å². The molecule has 2 aromatic rings. The molecule has 3 atom stereocenters. The quantitative estimate of drug-likeness (QED) is 0.535. The van der Waals surface area contributed by atoms with E-state index in [2.05, 4.69) is 20.6 Å². The zero-order chi connectivity index (χ0) is 25.2. The molecule has 0 bridgehead atoms. The topological polar surface area (TPSA) is 90.4 Å². The van der Waals surface area contributed by atoms with Crippen LogP contribution in [0.15, 0.2) is 24.4 Å². The van der Waals surface area contributed by atoms with Crippen molar-refractivity contribution < 1.29 is 27.5 Å². The second-order valence-corrected chi connectivity index (χ2v) is 9.29. The molecule has 0 radical (unpaired) electrons. The lowest BCUT2D eigenvalue weighted by atomic mass is 9.96. The van der Waals surface area contributed by atoms with Crippen LogP contribution in [0, 0.1) is 11.7 Å². The van der Waals surface area contributed by atoms with Gasteiger partial charge in [0.1, 0.15) is 11.6 Å². The van der Waals surface area contributed by atoms with Gasteiger partial charge in [0.25, 0.3) is 0 Å². The van der Waals surface area contributed by atoms with E-state index in [1.807, 2.05) is 6.92 Å². The molecule has 0 spiro atoms. The highest BCUT2D eigenvalue weighted by Gasteiger charge is 2.36. The monoisotopic (exact) mass is 495 g/mol. The summed E-state index contributed by atoms with van der Waals surface area (Å²) >= 11 is 0. The van der Waals surface area contributed by atoms with Gasteiger partial charge in [0, 0.05) is 31.8 Å². The smallest absolute Gasteiger partial charge is 0.396 e. The van der Waals surface area contributed by atoms with Crippen LogP contribution in [0.2, 0.25) is 0 Å². The molecule has 7 nitrogen and oxygen atoms in total. The number of nitrogens with one attached hydrogen (secondary N) is 2. The van der Waals surface area contributed by atoms with Gasteiger partial charge in [-0.2, -0.15) is 13.2 Å². The van der Waals surface area contributed by atoms with E-state index in [4.69, 9.17) is 0 Å². The Morgan fingerprint density at radius 3 is 2.83 bits per heavy atom. The summed E-state index contributed by atoms with van der Waals surface area (Å²) in [5.74, 6) is -0.749. The number of alkyl halides is 3. The number of nitrogens with zero attached hydrogens (tertiary/aromatic N) is 3. The van der Waals surface area contributed by atoms with Crippen LogP contribution in [-0.2, 0) is 25.6 Å². The fourth-order valence-corrected chi connectivity index (χ4v) is 4.58. The Morgan fingerprint density at radius 2 is 2.17 bits per heavy atom. The number of halogens is 4. The average molecular weight is 496 g/mol. The van der Waals surface area contributed by atoms with E-state index < -0.39 is 29.6 Å². The van der Waals surface area contributed by atoms with Crippen LogP contribution in [-0.4, -0.2) is 51.7 Å². The molecule has 2 amide bonds. The van der Waals surface area contributed by atoms with Crippen molar-refractivity contribution in [3.8, 4) is 0 Å². The van der Waals surface area contributed by atoms with Gasteiger partial charge < -0.3 is 20.6 Å². The van der Waals surface area contributed by atoms with Crippen molar-refractivity contribution in [1.29, 1.82) is 0 Å². The van der Waals surface area contributed by atoms with Crippen LogP contribution in [0.3, 0.4) is 0 Å². The number of carbonyl (C=O) groups is 1. The molecule has 190 valence electrons. The van der Waals surface area contributed by atoms with E-state index in [0.29, 0.717) is 38.2 Å². The maximum Gasteiger partial charge on any atom is 0.419 e. The lowest BCUT2D eigenvalue weighted by Crippen LogP contribution is -2.48. The summed E-state index contributed by atoms with van der Waals surface area (Å²) in [5.41, 5.74) is 0.638. The highest BCUT2D eigenvalue weighted by atomic mass is 19.4. The van der Waals surface area contributed by atoms with E-state index in [1.54, 1.807) is 11.1 Å². The second kappa shape index (κ2) is 10.4. The van der Waals surface area contributed by atoms with Crippen molar-refractivity contribution in [3.05, 3.63) is 58.4 Å². The number of carbonyl (C=O) groups excluding carboxylic acids is 1. The number of fused-ring (bicyclic) bond motifs is 1. The molecule has 0 saturated carbocycles. The molecule has 11 heteroatoms. The van der Waals surface area contributed by atoms with Gasteiger partial charge in [-0.05, 0) is 55.0 Å². The summed E-state index contributed by atoms with van der Waals surface area (Å²) in [7, 11) is 0. The van der Waals surface area contributed by atoms with Gasteiger partial charge in [-0.25, -0.2) is 19.2 Å². The van der Waals surface area contributed by atoms with Gasteiger partial charge in [-0.1, -0.05) is 13.0 Å². The summed E-state index contributed by atoms with van der Waals surface area (Å²) in [6.45, 7) is 3.32. The summed E-state index contributed by atoms with van der Waals surface area (Å²) in [6.07, 6.45) is -0.388. The van der Waals surface area contributed by atoms with Crippen molar-refractivity contribution in [3.63, 3.8) is 0 Å². The maximum atomic E-state index is 14.3. The van der Waals surface area contributed by atoms with Crippen LogP contribution in [0.5, 0.6) is 0 Å². The number of hydrogen-bond acceptors (Lipinski definition) is 5. The first kappa shape index (κ1) is 25.3. The van der Waals surface area contributed by atoms with Gasteiger partial charge in [0.05, 0.1) is 23.8 Å². The maximum absolute atomic E-state index is 14.3. The Morgan fingerprint density at radius 1 is 1.37 bits per heavy atom. The van der Waals surface area contributed by atoms with Gasteiger partial charge >= 0.3 is 12.2 Å². The predicted octanol–water partition coefficient (Wildman–Crippen LogP) is 3.37. The van der Waals surface area contributed by atoms with E-state index in [-0.39, 0.29) is 30.7 Å². The van der Waals surface area contributed by atoms with Gasteiger partial charge in [-0.3, -0.25) is 0 Å². The standard InChI is InChI=1S/C24H29F4N5O2/c1-14(13-34)9-21-30-11-16-6-8-33(12-20(16)31-21)23(35)32-22(19-3-2-7-29-19)15-4-5-17(18(25)10-15)24(26,27)28/h4-5,10-11,14,19,22,29,34H,2-3,6-9,12-13H2,1H3,(H,32,35)/t14-,19+,22+/m1/s1. The molecular weight excluding hydrogens is 466 g/mol. The Labute approximate surface area is 201 Å². The van der Waals surface area contributed by atoms with Crippen LogP contribution in [0.25, 0.3) is 0 Å². The molecule has 0 unspecified atom stereocenters. The van der Waals surface area contributed by atoms with Crippen molar-refractivity contribution in [1.82, 2.24) is 25.5 Å². The van der Waals surface area contributed by atoms with Gasteiger partial charge in [0.2, 0.25) is 0 Å². The minimum Gasteiger partial charge on any atom is -0.396 e. The lowest BCUT2D eigenvalue weighted by molar-refractivity contribution is -0.140. The number of aliphatic hydroxyl groups is 1. The number of urea groups is 1. The summed E-state index contributed by atoms with van der Waals surface area (Å²) in [4.78, 5) is 23.7. The number of hydrogen-bond donors (Lipinski definition) is 3. The molecule has 35 heavy (non-hydrogen) atoms. The molecule has 1 aromatic carbocycles. The largest absolute Gasteiger partial charge is 0.419 e. The molecule has 1 saturated heterocycles. The normalized spacial score (nSPS) is 19.8. The van der Waals surface area contributed by atoms with Gasteiger partial charge in [0.15, 0.2) is 0 Å². The zero-order valence-electron chi connectivity index (χ0n) is 19.4. The highest BCUT2D eigenvalue weighted by Crippen LogP contribution is 2.33. The third kappa shape index (κ3) is 5.90. The van der Waals surface area contributed by atoms with Crippen LogP contribution in [0.4, 0.5) is 22.4 Å². The molecule has 2 aliphatic rings. The van der Waals surface area contributed by atoms with Gasteiger partial charge in [-0.15, -0.1) is 0 Å². The third-order valence-electron chi connectivity index (χ3n) is 6.56. The SMILES string of the molecule is C[C@@H](CO)Cc1ncc2c(n1)CN(C(=O)N[C@@H](c1ccc(C(F)(F)F)c(F)c1)[C@@H]1CCCN1)CC2. The Kier molecular flexibility index (Phi) is 7.56. The average Bonchev–Trinajstić information content (AvgIpc) is 3.35. The molecule has 3 N–H and O–H groups in total. The van der Waals surface area contributed by atoms with E-state index >= 15 is 0 Å². The zero-order valence-corrected chi connectivity index (χ0v) is 19.4. The molecule has 3 heterocycles. The van der Waals surface area contributed by atoms with E-state index in [0.717, 1.165) is 29.8 Å². The number of benzene rings is 1. The second-order valence-electron chi connectivity index (χ2n) is 9.29. The lowest BCUT2D eigenvalue weighted by Gasteiger charge is -2.32. The molecule has 1 aromatic heterocycles. The fourth-order valence-electron chi connectivity index (χ4n) is 4.58. The van der Waals surface area contributed by atoms with Crippen molar-refractivity contribution in [2.75, 3.05) is 19.7 Å². The molecular formula is C24H29F4N5O2. The van der Waals surface area contributed by atoms with Crippen LogP contribution in [0.1, 0.15) is 54.0 Å². The highest BCUT2D eigenvalue weighted by molar-refractivity contribution is 5.75. The Hall–Kier alpha value is -2.79. The van der Waals surface area contributed by atoms with Crippen molar-refractivity contribution in [2.45, 2.75) is 57.4 Å². The minimum absolute atomic E-state index is 0.0137. The third-order valence-corrected chi connectivity index (χ3v) is 6.56. The van der Waals surface area contributed by atoms with E-state index in [9.17, 15) is 27.5 Å². The number of aliphatic hydroxyl groups excluding tert-OH is 1. The van der Waals surface area contributed by atoms with E-state index in [1.165, 1.54) is 6.07 Å². The molecule has 4 rings (SSSR count). The van der Waals surface area contributed by atoms with Crippen molar-refractivity contribution in [2.24, 2.45) is 5.92 Å². The van der Waals surface area contributed by atoms with Crippen LogP contribution < -0.4 is 10.6 Å². The van der Waals surface area contributed by atoms with Crippen molar-refractivity contribution >= 4 is 6.03 Å². The number of aromatic nitrogens is 2. The Balaban J connectivity index is 1.51. The molecule has 1 fully saturated rings. The first-order chi connectivity index (χ1) is 16.7. The number of rotatable bonds is 6. The summed E-state index contributed by atoms with van der Waals surface area (Å²) < 4.78 is 53.4. The Bertz CT molecular complexity index is 1060. The minimum atomic E-state index is -4.79. The first-order valence-electron chi connectivity index (χ1n) is 11.8. The summed E-state index contributed by atoms with van der Waals surface area (Å²) in [6, 6.07) is 1.52. The molecule has 2 aliphatic heterocycles. The summed E-state index contributed by atoms with van der Waals surface area (Å²) in [5, 5.41) is 15.5. The predicted molar refractivity (Wildman–Crippen MR) is 120 cm³/mol. The molecule has 0 aliphatic carbocycles. The number of amides is 2. The first-order valence-corrected chi connectivity index (χ1v) is 11.8. The fraction of sp³-hybridized carbons (Fsp3) is 0.542.